The summed E-state index contributed by atoms with van der Waals surface area (Å²) >= 11 is 0. The number of amides is 1. The highest BCUT2D eigenvalue weighted by atomic mass is 19.4. The third-order valence-electron chi connectivity index (χ3n) is 3.83. The lowest BCUT2D eigenvalue weighted by molar-refractivity contribution is -0.137. The fraction of sp³-hybridized carbons (Fsp3) is 0.235. The average molecular weight is 320 g/mol. The highest BCUT2D eigenvalue weighted by Gasteiger charge is 2.32. The molecule has 1 heterocycles. The van der Waals surface area contributed by atoms with Crippen molar-refractivity contribution in [2.75, 3.05) is 5.32 Å². The van der Waals surface area contributed by atoms with Gasteiger partial charge in [-0.15, -0.1) is 0 Å². The Kier molecular flexibility index (Phi) is 4.09. The first-order chi connectivity index (χ1) is 10.9. The third-order valence-corrected chi connectivity index (χ3v) is 3.83. The van der Waals surface area contributed by atoms with Gasteiger partial charge in [-0.1, -0.05) is 30.3 Å². The van der Waals surface area contributed by atoms with Crippen molar-refractivity contribution < 1.29 is 18.0 Å². The van der Waals surface area contributed by atoms with Crippen LogP contribution in [0.15, 0.2) is 48.5 Å². The molecule has 3 rings (SSSR count). The minimum Gasteiger partial charge on any atom is -0.324 e. The lowest BCUT2D eigenvalue weighted by atomic mass is 10.1. The highest BCUT2D eigenvalue weighted by Crippen LogP contribution is 2.32. The topological polar surface area (TPSA) is 41.1 Å². The summed E-state index contributed by atoms with van der Waals surface area (Å²) in [4.78, 5) is 12.3. The molecule has 0 spiro atoms. The predicted molar refractivity (Wildman–Crippen MR) is 80.8 cm³/mol. The third kappa shape index (κ3) is 3.53. The summed E-state index contributed by atoms with van der Waals surface area (Å²) in [5.41, 5.74) is 1.13. The van der Waals surface area contributed by atoms with Crippen LogP contribution in [0.4, 0.5) is 18.9 Å². The van der Waals surface area contributed by atoms with E-state index in [0.717, 1.165) is 17.7 Å². The summed E-state index contributed by atoms with van der Waals surface area (Å²) < 4.78 is 38.4. The summed E-state index contributed by atoms with van der Waals surface area (Å²) in [6, 6.07) is 12.4. The molecule has 1 amide bonds. The van der Waals surface area contributed by atoms with E-state index in [1.54, 1.807) is 0 Å². The van der Waals surface area contributed by atoms with Crippen LogP contribution in [0.25, 0.3) is 0 Å². The van der Waals surface area contributed by atoms with Gasteiger partial charge in [0.05, 0.1) is 11.6 Å². The molecule has 2 aromatic carbocycles. The molecule has 1 aliphatic rings. The number of alkyl halides is 3. The maximum Gasteiger partial charge on any atom is 0.416 e. The number of anilines is 1. The van der Waals surface area contributed by atoms with Crippen LogP contribution in [0.1, 0.15) is 16.7 Å². The van der Waals surface area contributed by atoms with E-state index in [1.165, 1.54) is 6.07 Å². The number of benzene rings is 2. The monoisotopic (exact) mass is 320 g/mol. The maximum absolute atomic E-state index is 12.8. The zero-order valence-electron chi connectivity index (χ0n) is 12.2. The van der Waals surface area contributed by atoms with E-state index in [9.17, 15) is 18.0 Å². The first-order valence-electron chi connectivity index (χ1n) is 7.22. The van der Waals surface area contributed by atoms with Crippen LogP contribution >= 0.6 is 0 Å². The van der Waals surface area contributed by atoms with Crippen molar-refractivity contribution >= 4 is 11.6 Å². The Bertz CT molecular complexity index is 714. The van der Waals surface area contributed by atoms with Gasteiger partial charge in [-0.2, -0.15) is 13.2 Å². The molecule has 0 aromatic heterocycles. The molecule has 120 valence electrons. The van der Waals surface area contributed by atoms with Crippen LogP contribution in [0.5, 0.6) is 0 Å². The number of carbonyl (C=O) groups excluding carboxylic acids is 1. The van der Waals surface area contributed by atoms with Crippen molar-refractivity contribution in [2.45, 2.75) is 25.2 Å². The van der Waals surface area contributed by atoms with E-state index in [0.29, 0.717) is 17.7 Å². The molecule has 0 bridgehead atoms. The Hall–Kier alpha value is -2.34. The van der Waals surface area contributed by atoms with Crippen molar-refractivity contribution in [2.24, 2.45) is 0 Å². The Morgan fingerprint density at radius 2 is 1.83 bits per heavy atom. The second-order valence-corrected chi connectivity index (χ2v) is 5.48. The van der Waals surface area contributed by atoms with Crippen LogP contribution in [-0.2, 0) is 23.9 Å². The Labute approximate surface area is 131 Å². The van der Waals surface area contributed by atoms with Crippen LogP contribution in [-0.4, -0.2) is 11.9 Å². The van der Waals surface area contributed by atoms with E-state index in [2.05, 4.69) is 10.6 Å². The molecule has 1 atom stereocenters. The van der Waals surface area contributed by atoms with E-state index < -0.39 is 17.8 Å². The quantitative estimate of drug-likeness (QED) is 0.891. The zero-order chi connectivity index (χ0) is 16.4. The van der Waals surface area contributed by atoms with Crippen molar-refractivity contribution in [3.8, 4) is 0 Å². The minimum absolute atomic E-state index is 0.204. The minimum atomic E-state index is -4.39. The molecule has 2 aromatic rings. The maximum atomic E-state index is 12.8. The second kappa shape index (κ2) is 6.04. The lowest BCUT2D eigenvalue weighted by Crippen LogP contribution is -2.39. The molecular formula is C17H15F3N2O. The van der Waals surface area contributed by atoms with Crippen LogP contribution in [0.3, 0.4) is 0 Å². The van der Waals surface area contributed by atoms with Gasteiger partial charge in [-0.3, -0.25) is 4.79 Å². The SMILES string of the molecule is O=C1Nc2ccc(C(F)(F)F)cc2CN[C@H]1Cc1ccccc1. The van der Waals surface area contributed by atoms with Gasteiger partial charge in [-0.25, -0.2) is 0 Å². The van der Waals surface area contributed by atoms with E-state index in [4.69, 9.17) is 0 Å². The van der Waals surface area contributed by atoms with Gasteiger partial charge in [0.1, 0.15) is 0 Å². The van der Waals surface area contributed by atoms with Gasteiger partial charge in [-0.05, 0) is 35.7 Å². The van der Waals surface area contributed by atoms with Crippen molar-refractivity contribution in [1.29, 1.82) is 0 Å². The van der Waals surface area contributed by atoms with Gasteiger partial charge < -0.3 is 10.6 Å². The number of hydrogen-bond donors (Lipinski definition) is 2. The normalized spacial score (nSPS) is 18.0. The van der Waals surface area contributed by atoms with Gasteiger partial charge in [0, 0.05) is 12.2 Å². The highest BCUT2D eigenvalue weighted by molar-refractivity contribution is 5.96. The summed E-state index contributed by atoms with van der Waals surface area (Å²) in [6.07, 6.45) is -3.92. The summed E-state index contributed by atoms with van der Waals surface area (Å²) in [6.45, 7) is 0.204. The van der Waals surface area contributed by atoms with E-state index >= 15 is 0 Å². The first-order valence-corrected chi connectivity index (χ1v) is 7.22. The molecule has 0 radical (unpaired) electrons. The van der Waals surface area contributed by atoms with Gasteiger partial charge in [0.2, 0.25) is 5.91 Å². The summed E-state index contributed by atoms with van der Waals surface area (Å²) in [7, 11) is 0. The molecule has 0 aliphatic carbocycles. The molecule has 0 saturated carbocycles. The first kappa shape index (κ1) is 15.6. The Morgan fingerprint density at radius 1 is 1.09 bits per heavy atom. The van der Waals surface area contributed by atoms with E-state index in [-0.39, 0.29) is 12.5 Å². The van der Waals surface area contributed by atoms with Crippen LogP contribution < -0.4 is 10.6 Å². The smallest absolute Gasteiger partial charge is 0.324 e. The van der Waals surface area contributed by atoms with Gasteiger partial charge in [0.25, 0.3) is 0 Å². The molecule has 0 fully saturated rings. The number of hydrogen-bond acceptors (Lipinski definition) is 2. The number of halogens is 3. The van der Waals surface area contributed by atoms with E-state index in [1.807, 2.05) is 30.3 Å². The molecule has 0 saturated heterocycles. The summed E-state index contributed by atoms with van der Waals surface area (Å²) in [5, 5.41) is 5.74. The number of nitrogens with one attached hydrogen (secondary N) is 2. The average Bonchev–Trinajstić information content (AvgIpc) is 2.66. The molecule has 0 unspecified atom stereocenters. The number of rotatable bonds is 2. The zero-order valence-corrected chi connectivity index (χ0v) is 12.2. The molecule has 3 nitrogen and oxygen atoms in total. The second-order valence-electron chi connectivity index (χ2n) is 5.48. The van der Waals surface area contributed by atoms with Gasteiger partial charge >= 0.3 is 6.18 Å². The van der Waals surface area contributed by atoms with Crippen LogP contribution in [0, 0.1) is 0 Å². The van der Waals surface area contributed by atoms with Gasteiger partial charge in [0.15, 0.2) is 0 Å². The predicted octanol–water partition coefficient (Wildman–Crippen LogP) is 3.36. The molecule has 23 heavy (non-hydrogen) atoms. The Morgan fingerprint density at radius 3 is 2.52 bits per heavy atom. The standard InChI is InChI=1S/C17H15F3N2O/c18-17(19,20)13-6-7-14-12(9-13)10-21-15(16(23)22-14)8-11-4-2-1-3-5-11/h1-7,9,15,21H,8,10H2,(H,22,23)/t15-/m0/s1. The molecule has 6 heteroatoms. The summed E-state index contributed by atoms with van der Waals surface area (Å²) in [5.74, 6) is -0.243. The lowest BCUT2D eigenvalue weighted by Gasteiger charge is -2.14. The van der Waals surface area contributed by atoms with Crippen molar-refractivity contribution in [1.82, 2.24) is 5.32 Å². The largest absolute Gasteiger partial charge is 0.416 e. The number of fused-ring (bicyclic) bond motifs is 1. The molecular weight excluding hydrogens is 305 g/mol. The Balaban J connectivity index is 1.80. The fourth-order valence-electron chi connectivity index (χ4n) is 2.60. The van der Waals surface area contributed by atoms with Crippen LogP contribution in [0.2, 0.25) is 0 Å². The number of carbonyl (C=O) groups is 1. The fourth-order valence-corrected chi connectivity index (χ4v) is 2.60. The van der Waals surface area contributed by atoms with Crippen molar-refractivity contribution in [3.63, 3.8) is 0 Å². The molecule has 1 aliphatic heterocycles. The molecule has 2 N–H and O–H groups in total. The van der Waals surface area contributed by atoms with Crippen molar-refractivity contribution in [3.05, 3.63) is 65.2 Å².